The van der Waals surface area contributed by atoms with Crippen LogP contribution in [0.15, 0.2) is 30.5 Å². The van der Waals surface area contributed by atoms with E-state index in [-0.39, 0.29) is 46.8 Å². The third-order valence-electron chi connectivity index (χ3n) is 4.64. The van der Waals surface area contributed by atoms with Gasteiger partial charge in [-0.1, -0.05) is 43.1 Å². The van der Waals surface area contributed by atoms with Gasteiger partial charge in [0.15, 0.2) is 0 Å². The summed E-state index contributed by atoms with van der Waals surface area (Å²) in [5, 5.41) is 9.24. The number of hydrogen-bond donors (Lipinski definition) is 3. The first-order chi connectivity index (χ1) is 13.8. The minimum atomic E-state index is -0.841. The standard InChI is InChI=1S/C20H21Cl2FN4O2/c1-10(2)20(29)25-8-11-3-5-13(22)17(18(11)23)19-26-15(7-16(28)27-19)14-6-4-12(21)9-24-14/h3-6,9-10,15,19,26H,7-8H2,1-2H3,(H,25,29)(H,27,28). The molecule has 2 aromatic rings. The zero-order chi connectivity index (χ0) is 21.1. The molecule has 0 spiro atoms. The second-order valence-electron chi connectivity index (χ2n) is 7.13. The van der Waals surface area contributed by atoms with Crippen LogP contribution >= 0.6 is 23.2 Å². The normalized spacial score (nSPS) is 19.2. The molecule has 1 aromatic heterocycles. The molecular formula is C20H21Cl2FN4O2. The Kier molecular flexibility index (Phi) is 6.72. The number of carbonyl (C=O) groups is 2. The average molecular weight is 439 g/mol. The van der Waals surface area contributed by atoms with Crippen molar-refractivity contribution in [2.24, 2.45) is 5.92 Å². The number of hydrogen-bond acceptors (Lipinski definition) is 4. The Morgan fingerprint density at radius 2 is 2.07 bits per heavy atom. The first-order valence-electron chi connectivity index (χ1n) is 9.17. The molecule has 1 fully saturated rings. The van der Waals surface area contributed by atoms with Gasteiger partial charge >= 0.3 is 0 Å². The van der Waals surface area contributed by atoms with Crippen molar-refractivity contribution in [3.63, 3.8) is 0 Å². The van der Waals surface area contributed by atoms with Crippen molar-refractivity contribution in [1.82, 2.24) is 20.9 Å². The zero-order valence-electron chi connectivity index (χ0n) is 15.9. The van der Waals surface area contributed by atoms with E-state index in [9.17, 15) is 9.59 Å². The number of carbonyl (C=O) groups excluding carboxylic acids is 2. The summed E-state index contributed by atoms with van der Waals surface area (Å²) in [4.78, 5) is 28.3. The summed E-state index contributed by atoms with van der Waals surface area (Å²) in [6.07, 6.45) is 0.798. The fourth-order valence-electron chi connectivity index (χ4n) is 3.05. The molecule has 2 heterocycles. The van der Waals surface area contributed by atoms with E-state index in [1.807, 2.05) is 0 Å². The van der Waals surface area contributed by atoms with Gasteiger partial charge in [0.25, 0.3) is 0 Å². The molecule has 9 heteroatoms. The molecule has 2 amide bonds. The molecule has 0 aliphatic carbocycles. The second kappa shape index (κ2) is 9.07. The first kappa shape index (κ1) is 21.5. The van der Waals surface area contributed by atoms with Gasteiger partial charge in [-0.25, -0.2) is 4.39 Å². The molecule has 154 valence electrons. The maximum absolute atomic E-state index is 15.2. The summed E-state index contributed by atoms with van der Waals surface area (Å²) < 4.78 is 15.2. The van der Waals surface area contributed by atoms with Crippen LogP contribution < -0.4 is 16.0 Å². The van der Waals surface area contributed by atoms with Crippen molar-refractivity contribution in [3.8, 4) is 0 Å². The Hall–Kier alpha value is -2.22. The Morgan fingerprint density at radius 1 is 1.31 bits per heavy atom. The molecule has 1 aromatic carbocycles. The Labute approximate surface area is 178 Å². The smallest absolute Gasteiger partial charge is 0.223 e. The molecule has 2 atom stereocenters. The van der Waals surface area contributed by atoms with Crippen LogP contribution in [-0.2, 0) is 16.1 Å². The lowest BCUT2D eigenvalue weighted by molar-refractivity contribution is -0.125. The van der Waals surface area contributed by atoms with Crippen molar-refractivity contribution in [1.29, 1.82) is 0 Å². The maximum Gasteiger partial charge on any atom is 0.223 e. The van der Waals surface area contributed by atoms with E-state index in [2.05, 4.69) is 20.9 Å². The Morgan fingerprint density at radius 3 is 2.72 bits per heavy atom. The topological polar surface area (TPSA) is 83.1 Å². The van der Waals surface area contributed by atoms with Crippen LogP contribution in [0.3, 0.4) is 0 Å². The van der Waals surface area contributed by atoms with Crippen molar-refractivity contribution in [2.45, 2.75) is 39.0 Å². The predicted molar refractivity (Wildman–Crippen MR) is 109 cm³/mol. The molecule has 1 aliphatic rings. The zero-order valence-corrected chi connectivity index (χ0v) is 17.4. The van der Waals surface area contributed by atoms with Crippen LogP contribution in [0, 0.1) is 11.7 Å². The molecule has 3 rings (SSSR count). The summed E-state index contributed by atoms with van der Waals surface area (Å²) in [6, 6.07) is 6.04. The SMILES string of the molecule is CC(C)C(=O)NCc1ccc(Cl)c(C2NC(=O)CC(c3ccc(Cl)cn3)N2)c1F. The number of nitrogens with zero attached hydrogens (tertiary/aromatic N) is 1. The van der Waals surface area contributed by atoms with Gasteiger partial charge in [-0.2, -0.15) is 0 Å². The summed E-state index contributed by atoms with van der Waals surface area (Å²) in [5.74, 6) is -1.23. The quantitative estimate of drug-likeness (QED) is 0.665. The summed E-state index contributed by atoms with van der Waals surface area (Å²) in [5.41, 5.74) is 1.02. The van der Waals surface area contributed by atoms with Gasteiger partial charge < -0.3 is 10.6 Å². The Bertz CT molecular complexity index is 921. The molecule has 0 saturated carbocycles. The lowest BCUT2D eigenvalue weighted by atomic mass is 10.0. The third-order valence-corrected chi connectivity index (χ3v) is 5.20. The molecule has 2 unspecified atom stereocenters. The van der Waals surface area contributed by atoms with Crippen molar-refractivity contribution in [3.05, 3.63) is 63.1 Å². The predicted octanol–water partition coefficient (Wildman–Crippen LogP) is 3.65. The molecule has 0 radical (unpaired) electrons. The van der Waals surface area contributed by atoms with Gasteiger partial charge in [-0.15, -0.1) is 0 Å². The van der Waals surface area contributed by atoms with Crippen molar-refractivity contribution < 1.29 is 14.0 Å². The minimum absolute atomic E-state index is 0.0237. The van der Waals surface area contributed by atoms with E-state index in [1.54, 1.807) is 32.0 Å². The van der Waals surface area contributed by atoms with Gasteiger partial charge in [0, 0.05) is 36.2 Å². The van der Waals surface area contributed by atoms with E-state index >= 15 is 4.39 Å². The van der Waals surface area contributed by atoms with E-state index in [1.165, 1.54) is 12.3 Å². The largest absolute Gasteiger partial charge is 0.352 e. The first-order valence-corrected chi connectivity index (χ1v) is 9.93. The minimum Gasteiger partial charge on any atom is -0.352 e. The monoisotopic (exact) mass is 438 g/mol. The molecule has 6 nitrogen and oxygen atoms in total. The molecule has 0 bridgehead atoms. The summed E-state index contributed by atoms with van der Waals surface area (Å²) in [7, 11) is 0. The Balaban J connectivity index is 1.86. The van der Waals surface area contributed by atoms with Crippen LogP contribution in [0.25, 0.3) is 0 Å². The van der Waals surface area contributed by atoms with Crippen LogP contribution in [0.5, 0.6) is 0 Å². The van der Waals surface area contributed by atoms with E-state index in [0.717, 1.165) is 0 Å². The molecule has 1 saturated heterocycles. The van der Waals surface area contributed by atoms with E-state index in [0.29, 0.717) is 10.7 Å². The highest BCUT2D eigenvalue weighted by molar-refractivity contribution is 6.31. The van der Waals surface area contributed by atoms with Gasteiger partial charge in [-0.3, -0.25) is 19.9 Å². The highest BCUT2D eigenvalue weighted by Gasteiger charge is 2.32. The van der Waals surface area contributed by atoms with Crippen molar-refractivity contribution in [2.75, 3.05) is 0 Å². The van der Waals surface area contributed by atoms with Gasteiger partial charge in [0.05, 0.1) is 21.8 Å². The van der Waals surface area contributed by atoms with Crippen LogP contribution in [0.1, 0.15) is 49.3 Å². The molecule has 3 N–H and O–H groups in total. The number of pyridine rings is 1. The number of halogens is 3. The number of nitrogens with one attached hydrogen (secondary N) is 3. The molecule has 1 aliphatic heterocycles. The lowest BCUT2D eigenvalue weighted by Crippen LogP contribution is -2.47. The van der Waals surface area contributed by atoms with Crippen LogP contribution in [0.4, 0.5) is 4.39 Å². The number of rotatable bonds is 5. The average Bonchev–Trinajstić information content (AvgIpc) is 2.67. The fourth-order valence-corrected chi connectivity index (χ4v) is 3.41. The maximum atomic E-state index is 15.2. The number of aromatic nitrogens is 1. The highest BCUT2D eigenvalue weighted by atomic mass is 35.5. The van der Waals surface area contributed by atoms with Gasteiger partial charge in [0.2, 0.25) is 11.8 Å². The van der Waals surface area contributed by atoms with Crippen molar-refractivity contribution >= 4 is 35.0 Å². The number of amides is 2. The summed E-state index contributed by atoms with van der Waals surface area (Å²) >= 11 is 12.1. The van der Waals surface area contributed by atoms with Crippen LogP contribution in [-0.4, -0.2) is 16.8 Å². The lowest BCUT2D eigenvalue weighted by Gasteiger charge is -2.32. The molecule has 29 heavy (non-hydrogen) atoms. The van der Waals surface area contributed by atoms with Gasteiger partial charge in [-0.05, 0) is 18.2 Å². The number of benzene rings is 1. The fraction of sp³-hybridized carbons (Fsp3) is 0.350. The summed E-state index contributed by atoms with van der Waals surface area (Å²) in [6.45, 7) is 3.53. The molecular weight excluding hydrogens is 418 g/mol. The second-order valence-corrected chi connectivity index (χ2v) is 7.98. The highest BCUT2D eigenvalue weighted by Crippen LogP contribution is 2.32. The van der Waals surface area contributed by atoms with Gasteiger partial charge in [0.1, 0.15) is 12.0 Å². The third kappa shape index (κ3) is 5.04. The van der Waals surface area contributed by atoms with E-state index in [4.69, 9.17) is 23.2 Å². The van der Waals surface area contributed by atoms with Crippen LogP contribution in [0.2, 0.25) is 10.0 Å². The van der Waals surface area contributed by atoms with E-state index < -0.39 is 18.0 Å².